The van der Waals surface area contributed by atoms with Crippen LogP contribution >= 0.6 is 11.3 Å². The van der Waals surface area contributed by atoms with Crippen molar-refractivity contribution >= 4 is 23.1 Å². The third-order valence-electron chi connectivity index (χ3n) is 5.82. The Morgan fingerprint density at radius 3 is 2.71 bits per heavy atom. The first-order valence-electron chi connectivity index (χ1n) is 10.6. The second kappa shape index (κ2) is 9.14. The second-order valence-electron chi connectivity index (χ2n) is 8.20. The number of pyridine rings is 1. The molecular weight excluding hydrogens is 411 g/mol. The number of thiazole rings is 1. The monoisotopic (exact) mass is 438 g/mol. The Labute approximate surface area is 186 Å². The van der Waals surface area contributed by atoms with Gasteiger partial charge in [-0.1, -0.05) is 25.1 Å². The molecule has 0 aliphatic carbocycles. The van der Waals surface area contributed by atoms with Crippen LogP contribution in [-0.4, -0.2) is 39.9 Å². The predicted molar refractivity (Wildman–Crippen MR) is 123 cm³/mol. The van der Waals surface area contributed by atoms with E-state index in [1.807, 2.05) is 37.1 Å². The van der Waals surface area contributed by atoms with E-state index < -0.39 is 0 Å². The molecule has 0 radical (unpaired) electrons. The zero-order valence-electron chi connectivity index (χ0n) is 18.1. The van der Waals surface area contributed by atoms with Crippen molar-refractivity contribution in [1.82, 2.24) is 14.9 Å². The first kappa shape index (κ1) is 21.4. The Kier molecular flexibility index (Phi) is 6.32. The van der Waals surface area contributed by atoms with Gasteiger partial charge in [0.25, 0.3) is 5.91 Å². The number of likely N-dealkylation sites (tertiary alicyclic amines) is 1. The molecule has 1 aromatic carbocycles. The molecule has 0 saturated carbocycles. The summed E-state index contributed by atoms with van der Waals surface area (Å²) in [7, 11) is 0. The molecule has 1 saturated heterocycles. The van der Waals surface area contributed by atoms with Crippen LogP contribution in [0.2, 0.25) is 0 Å². The number of aryl methyl sites for hydroxylation is 2. The van der Waals surface area contributed by atoms with Gasteiger partial charge in [-0.15, -0.1) is 11.3 Å². The molecule has 0 unspecified atom stereocenters. The number of aromatic nitrogens is 2. The zero-order chi connectivity index (χ0) is 22.0. The Bertz CT molecular complexity index is 1050. The first-order chi connectivity index (χ1) is 14.9. The van der Waals surface area contributed by atoms with Gasteiger partial charge >= 0.3 is 0 Å². The summed E-state index contributed by atoms with van der Waals surface area (Å²) in [5.74, 6) is 0.828. The number of piperidine rings is 1. The largest absolute Gasteiger partial charge is 0.368 e. The third kappa shape index (κ3) is 4.77. The summed E-state index contributed by atoms with van der Waals surface area (Å²) in [4.78, 5) is 25.4. The lowest BCUT2D eigenvalue weighted by Gasteiger charge is -2.40. The van der Waals surface area contributed by atoms with Gasteiger partial charge < -0.3 is 10.2 Å². The van der Waals surface area contributed by atoms with E-state index in [0.717, 1.165) is 39.7 Å². The van der Waals surface area contributed by atoms with Crippen LogP contribution in [0.1, 0.15) is 40.8 Å². The molecule has 1 amide bonds. The number of amides is 1. The average molecular weight is 439 g/mol. The predicted octanol–water partition coefficient (Wildman–Crippen LogP) is 5.31. The highest BCUT2D eigenvalue weighted by molar-refractivity contribution is 7.15. The van der Waals surface area contributed by atoms with Crippen molar-refractivity contribution in [3.05, 3.63) is 64.7 Å². The summed E-state index contributed by atoms with van der Waals surface area (Å²) in [5.41, 5.74) is 2.39. The molecule has 1 fully saturated rings. The van der Waals surface area contributed by atoms with Crippen molar-refractivity contribution in [2.45, 2.75) is 39.7 Å². The quantitative estimate of drug-likeness (QED) is 0.586. The number of benzene rings is 1. The molecule has 0 spiro atoms. The maximum Gasteiger partial charge on any atom is 0.274 e. The number of carbonyl (C=O) groups is 1. The fourth-order valence-electron chi connectivity index (χ4n) is 4.10. The maximum absolute atomic E-state index is 13.6. The Morgan fingerprint density at radius 2 is 2.00 bits per heavy atom. The Morgan fingerprint density at radius 1 is 1.23 bits per heavy atom. The summed E-state index contributed by atoms with van der Waals surface area (Å²) in [5, 5.41) is 4.23. The molecule has 3 aromatic rings. The number of halogens is 1. The molecule has 2 aromatic heterocycles. The number of rotatable bonds is 5. The summed E-state index contributed by atoms with van der Waals surface area (Å²) in [6.45, 7) is 7.44. The SMILES string of the molecule is Cc1ccc(NC[C@H]2[C@@H](C)CCCN2C(=O)c2nc(C)sc2-c2ccc(F)cc2)nc1. The molecule has 1 N–H and O–H groups in total. The lowest BCUT2D eigenvalue weighted by atomic mass is 9.90. The molecule has 7 heteroatoms. The standard InChI is InChI=1S/C24H27FN4OS/c1-15-6-11-21(26-13-15)27-14-20-16(2)5-4-12-29(20)24(30)22-23(31-17(3)28-22)18-7-9-19(25)10-8-18/h6-11,13,16,20H,4-5,12,14H2,1-3H3,(H,26,27)/t16-,20-/m0/s1. The van der Waals surface area contributed by atoms with Gasteiger partial charge in [0.05, 0.1) is 15.9 Å². The minimum absolute atomic E-state index is 0.0485. The van der Waals surface area contributed by atoms with Gasteiger partial charge in [0.15, 0.2) is 0 Å². The lowest BCUT2D eigenvalue weighted by Crippen LogP contribution is -2.51. The number of hydrogen-bond donors (Lipinski definition) is 1. The highest BCUT2D eigenvalue weighted by Crippen LogP contribution is 2.33. The van der Waals surface area contributed by atoms with Crippen LogP contribution in [0.5, 0.6) is 0 Å². The van der Waals surface area contributed by atoms with E-state index in [1.165, 1.54) is 23.5 Å². The van der Waals surface area contributed by atoms with E-state index in [-0.39, 0.29) is 17.8 Å². The van der Waals surface area contributed by atoms with E-state index >= 15 is 0 Å². The number of nitrogens with zero attached hydrogens (tertiary/aromatic N) is 3. The number of hydrogen-bond acceptors (Lipinski definition) is 5. The van der Waals surface area contributed by atoms with Crippen molar-refractivity contribution in [3.8, 4) is 10.4 Å². The van der Waals surface area contributed by atoms with Crippen molar-refractivity contribution in [3.63, 3.8) is 0 Å². The summed E-state index contributed by atoms with van der Waals surface area (Å²) < 4.78 is 13.4. The van der Waals surface area contributed by atoms with E-state index in [9.17, 15) is 9.18 Å². The van der Waals surface area contributed by atoms with Crippen LogP contribution in [0.15, 0.2) is 42.6 Å². The van der Waals surface area contributed by atoms with Crippen molar-refractivity contribution in [1.29, 1.82) is 0 Å². The van der Waals surface area contributed by atoms with E-state index in [4.69, 9.17) is 0 Å². The third-order valence-corrected chi connectivity index (χ3v) is 6.84. The minimum atomic E-state index is -0.293. The lowest BCUT2D eigenvalue weighted by molar-refractivity contribution is 0.0535. The van der Waals surface area contributed by atoms with Gasteiger partial charge in [-0.25, -0.2) is 14.4 Å². The van der Waals surface area contributed by atoms with Gasteiger partial charge in [0.1, 0.15) is 17.3 Å². The normalized spacial score (nSPS) is 18.8. The van der Waals surface area contributed by atoms with Crippen LogP contribution < -0.4 is 5.32 Å². The molecule has 1 aliphatic rings. The summed E-state index contributed by atoms with van der Waals surface area (Å²) >= 11 is 1.47. The Hall–Kier alpha value is -2.80. The molecule has 31 heavy (non-hydrogen) atoms. The van der Waals surface area contributed by atoms with Gasteiger partial charge in [-0.2, -0.15) is 0 Å². The van der Waals surface area contributed by atoms with Gasteiger partial charge in [-0.05, 0) is 61.9 Å². The molecular formula is C24H27FN4OS. The highest BCUT2D eigenvalue weighted by Gasteiger charge is 2.34. The Balaban J connectivity index is 1.58. The molecule has 2 atom stereocenters. The van der Waals surface area contributed by atoms with Crippen LogP contribution in [0.3, 0.4) is 0 Å². The van der Waals surface area contributed by atoms with Crippen molar-refractivity contribution in [2.75, 3.05) is 18.4 Å². The zero-order valence-corrected chi connectivity index (χ0v) is 18.9. The molecule has 5 nitrogen and oxygen atoms in total. The summed E-state index contributed by atoms with van der Waals surface area (Å²) in [6.07, 6.45) is 3.89. The van der Waals surface area contributed by atoms with Crippen molar-refractivity contribution in [2.24, 2.45) is 5.92 Å². The minimum Gasteiger partial charge on any atom is -0.368 e. The van der Waals surface area contributed by atoms with Crippen LogP contribution in [0.25, 0.3) is 10.4 Å². The molecule has 3 heterocycles. The van der Waals surface area contributed by atoms with Gasteiger partial charge in [0.2, 0.25) is 0 Å². The molecule has 4 rings (SSSR count). The fourth-order valence-corrected chi connectivity index (χ4v) is 5.01. The average Bonchev–Trinajstić information content (AvgIpc) is 3.15. The fraction of sp³-hybridized carbons (Fsp3) is 0.375. The smallest absolute Gasteiger partial charge is 0.274 e. The van der Waals surface area contributed by atoms with E-state index in [2.05, 4.69) is 22.2 Å². The topological polar surface area (TPSA) is 58.1 Å². The van der Waals surface area contributed by atoms with E-state index in [0.29, 0.717) is 24.7 Å². The first-order valence-corrected chi connectivity index (χ1v) is 11.4. The number of carbonyl (C=O) groups excluding carboxylic acids is 1. The summed E-state index contributed by atoms with van der Waals surface area (Å²) in [6, 6.07) is 10.3. The van der Waals surface area contributed by atoms with Crippen LogP contribution in [0.4, 0.5) is 10.2 Å². The van der Waals surface area contributed by atoms with Gasteiger partial charge in [-0.3, -0.25) is 4.79 Å². The number of anilines is 1. The van der Waals surface area contributed by atoms with Crippen molar-refractivity contribution < 1.29 is 9.18 Å². The van der Waals surface area contributed by atoms with Crippen LogP contribution in [-0.2, 0) is 0 Å². The molecule has 0 bridgehead atoms. The molecule has 162 valence electrons. The molecule has 1 aliphatic heterocycles. The second-order valence-corrected chi connectivity index (χ2v) is 9.41. The van der Waals surface area contributed by atoms with Crippen LogP contribution in [0, 0.1) is 25.6 Å². The van der Waals surface area contributed by atoms with E-state index in [1.54, 1.807) is 12.1 Å². The maximum atomic E-state index is 13.6. The highest BCUT2D eigenvalue weighted by atomic mass is 32.1. The van der Waals surface area contributed by atoms with Gasteiger partial charge in [0, 0.05) is 19.3 Å². The number of nitrogens with one attached hydrogen (secondary N) is 1.